The number of benzene rings is 1. The largest absolute Gasteiger partial charge is 0.491 e. The lowest BCUT2D eigenvalue weighted by atomic mass is 9.74. The summed E-state index contributed by atoms with van der Waals surface area (Å²) in [5, 5.41) is 0. The minimum Gasteiger partial charge on any atom is -0.491 e. The molecule has 0 aromatic heterocycles. The number of ether oxygens (including phenoxy) is 3. The van der Waals surface area contributed by atoms with Crippen LogP contribution in [-0.2, 0) is 27.1 Å². The molecule has 27 heavy (non-hydrogen) atoms. The summed E-state index contributed by atoms with van der Waals surface area (Å²) in [7, 11) is 1.69. The third kappa shape index (κ3) is 4.46. The van der Waals surface area contributed by atoms with Gasteiger partial charge in [0.25, 0.3) is 0 Å². The lowest BCUT2D eigenvalue weighted by molar-refractivity contribution is -0.141. The first-order valence-corrected chi connectivity index (χ1v) is 10.1. The van der Waals surface area contributed by atoms with Crippen LogP contribution in [0, 0.1) is 25.7 Å². The fraction of sp³-hybridized carbons (Fsp3) is 0.682. The van der Waals surface area contributed by atoms with E-state index in [1.54, 1.807) is 7.11 Å². The third-order valence-electron chi connectivity index (χ3n) is 6.21. The van der Waals surface area contributed by atoms with Crippen molar-refractivity contribution in [2.75, 3.05) is 46.6 Å². The standard InChI is InChI=1S/C22H33NO4/c1-15-13-21(27-12-11-25-4)17(3)20-14-18(5-6-19(15)20)16(2)22(24)23-7-9-26-10-8-23/h13,16,18H,5-12,14H2,1-4H3. The minimum absolute atomic E-state index is 0.0500. The summed E-state index contributed by atoms with van der Waals surface area (Å²) in [6.45, 7) is 10.3. The number of carbonyl (C=O) groups excluding carboxylic acids is 1. The first-order chi connectivity index (χ1) is 13.0. The van der Waals surface area contributed by atoms with Gasteiger partial charge in [-0.05, 0) is 67.3 Å². The molecule has 2 unspecified atom stereocenters. The summed E-state index contributed by atoms with van der Waals surface area (Å²) in [6.07, 6.45) is 3.08. The molecule has 5 nitrogen and oxygen atoms in total. The molecular weight excluding hydrogens is 342 g/mol. The lowest BCUT2D eigenvalue weighted by Crippen LogP contribution is -2.45. The fourth-order valence-corrected chi connectivity index (χ4v) is 4.41. The Kier molecular flexibility index (Phi) is 6.77. The Morgan fingerprint density at radius 1 is 1.26 bits per heavy atom. The second-order valence-corrected chi connectivity index (χ2v) is 7.84. The van der Waals surface area contributed by atoms with Crippen molar-refractivity contribution in [3.05, 3.63) is 28.3 Å². The second-order valence-electron chi connectivity index (χ2n) is 7.84. The van der Waals surface area contributed by atoms with Crippen molar-refractivity contribution in [3.8, 4) is 5.75 Å². The van der Waals surface area contributed by atoms with E-state index < -0.39 is 0 Å². The molecule has 1 heterocycles. The van der Waals surface area contributed by atoms with Crippen molar-refractivity contribution in [3.63, 3.8) is 0 Å². The van der Waals surface area contributed by atoms with Gasteiger partial charge in [-0.2, -0.15) is 0 Å². The molecule has 0 bridgehead atoms. The van der Waals surface area contributed by atoms with E-state index >= 15 is 0 Å². The summed E-state index contributed by atoms with van der Waals surface area (Å²) in [5.74, 6) is 1.68. The minimum atomic E-state index is 0.0500. The van der Waals surface area contributed by atoms with Crippen molar-refractivity contribution in [1.29, 1.82) is 0 Å². The van der Waals surface area contributed by atoms with E-state index in [4.69, 9.17) is 14.2 Å². The predicted molar refractivity (Wildman–Crippen MR) is 105 cm³/mol. The molecule has 0 radical (unpaired) electrons. The number of hydrogen-bond donors (Lipinski definition) is 0. The lowest BCUT2D eigenvalue weighted by Gasteiger charge is -2.35. The van der Waals surface area contributed by atoms with Crippen LogP contribution in [0.4, 0.5) is 0 Å². The van der Waals surface area contributed by atoms with Crippen LogP contribution in [0.25, 0.3) is 0 Å². The SMILES string of the molecule is COCCOc1cc(C)c2c(c1C)CC(C(C)C(=O)N1CCOCC1)CC2. The quantitative estimate of drug-likeness (QED) is 0.718. The molecule has 1 amide bonds. The average Bonchev–Trinajstić information content (AvgIpc) is 2.71. The number of carbonyl (C=O) groups is 1. The van der Waals surface area contributed by atoms with Crippen LogP contribution in [0.1, 0.15) is 35.6 Å². The Balaban J connectivity index is 1.74. The molecular formula is C22H33NO4. The van der Waals surface area contributed by atoms with E-state index in [0.717, 1.165) is 38.1 Å². The van der Waals surface area contributed by atoms with E-state index in [9.17, 15) is 4.79 Å². The highest BCUT2D eigenvalue weighted by atomic mass is 16.5. The normalized spacial score (nSPS) is 20.9. The summed E-state index contributed by atoms with van der Waals surface area (Å²) in [5.41, 5.74) is 5.37. The summed E-state index contributed by atoms with van der Waals surface area (Å²) in [4.78, 5) is 14.9. The van der Waals surface area contributed by atoms with Crippen LogP contribution in [-0.4, -0.2) is 57.4 Å². The predicted octanol–water partition coefficient (Wildman–Crippen LogP) is 2.93. The zero-order valence-electron chi connectivity index (χ0n) is 17.2. The first kappa shape index (κ1) is 20.2. The number of methoxy groups -OCH3 is 1. The summed E-state index contributed by atoms with van der Waals surface area (Å²) >= 11 is 0. The third-order valence-corrected chi connectivity index (χ3v) is 6.21. The Hall–Kier alpha value is -1.59. The Bertz CT molecular complexity index is 667. The Morgan fingerprint density at radius 2 is 2.00 bits per heavy atom. The Labute approximate surface area is 163 Å². The Morgan fingerprint density at radius 3 is 2.70 bits per heavy atom. The number of aryl methyl sites for hydroxylation is 1. The maximum Gasteiger partial charge on any atom is 0.225 e. The van der Waals surface area contributed by atoms with Gasteiger partial charge in [0.2, 0.25) is 5.91 Å². The van der Waals surface area contributed by atoms with Crippen LogP contribution >= 0.6 is 0 Å². The zero-order chi connectivity index (χ0) is 19.4. The van der Waals surface area contributed by atoms with Crippen LogP contribution in [0.3, 0.4) is 0 Å². The molecule has 1 aromatic carbocycles. The monoisotopic (exact) mass is 375 g/mol. The first-order valence-electron chi connectivity index (χ1n) is 10.1. The molecule has 0 saturated carbocycles. The van der Waals surface area contributed by atoms with Gasteiger partial charge in [0, 0.05) is 26.1 Å². The van der Waals surface area contributed by atoms with E-state index in [1.807, 2.05) is 4.90 Å². The van der Waals surface area contributed by atoms with Crippen LogP contribution in [0.5, 0.6) is 5.75 Å². The molecule has 150 valence electrons. The molecule has 0 N–H and O–H groups in total. The highest BCUT2D eigenvalue weighted by molar-refractivity contribution is 5.79. The zero-order valence-corrected chi connectivity index (χ0v) is 17.2. The van der Waals surface area contributed by atoms with E-state index in [0.29, 0.717) is 32.3 Å². The molecule has 1 aliphatic heterocycles. The molecule has 2 atom stereocenters. The molecule has 1 aromatic rings. The van der Waals surface area contributed by atoms with E-state index in [-0.39, 0.29) is 11.8 Å². The average molecular weight is 376 g/mol. The number of morpholine rings is 1. The molecule has 2 aliphatic rings. The van der Waals surface area contributed by atoms with Crippen LogP contribution in [0.2, 0.25) is 0 Å². The van der Waals surface area contributed by atoms with Crippen molar-refractivity contribution >= 4 is 5.91 Å². The van der Waals surface area contributed by atoms with Gasteiger partial charge in [0.05, 0.1) is 19.8 Å². The van der Waals surface area contributed by atoms with Gasteiger partial charge in [0.15, 0.2) is 0 Å². The number of rotatable bonds is 6. The molecule has 1 fully saturated rings. The van der Waals surface area contributed by atoms with Crippen molar-refractivity contribution in [2.24, 2.45) is 11.8 Å². The van der Waals surface area contributed by atoms with Gasteiger partial charge in [-0.15, -0.1) is 0 Å². The van der Waals surface area contributed by atoms with Crippen molar-refractivity contribution in [2.45, 2.75) is 40.0 Å². The number of hydrogen-bond acceptors (Lipinski definition) is 4. The second kappa shape index (κ2) is 9.07. The van der Waals surface area contributed by atoms with Gasteiger partial charge < -0.3 is 19.1 Å². The summed E-state index contributed by atoms with van der Waals surface area (Å²) in [6, 6.07) is 2.16. The number of nitrogens with zero attached hydrogens (tertiary/aromatic N) is 1. The van der Waals surface area contributed by atoms with Gasteiger partial charge in [-0.25, -0.2) is 0 Å². The van der Waals surface area contributed by atoms with Gasteiger partial charge in [-0.3, -0.25) is 4.79 Å². The molecule has 1 aliphatic carbocycles. The highest BCUT2D eigenvalue weighted by Gasteiger charge is 2.32. The summed E-state index contributed by atoms with van der Waals surface area (Å²) < 4.78 is 16.4. The van der Waals surface area contributed by atoms with Crippen LogP contribution in [0.15, 0.2) is 6.07 Å². The van der Waals surface area contributed by atoms with Gasteiger partial charge in [-0.1, -0.05) is 6.92 Å². The van der Waals surface area contributed by atoms with Gasteiger partial charge in [0.1, 0.15) is 12.4 Å². The van der Waals surface area contributed by atoms with Crippen molar-refractivity contribution < 1.29 is 19.0 Å². The van der Waals surface area contributed by atoms with E-state index in [2.05, 4.69) is 26.8 Å². The number of fused-ring (bicyclic) bond motifs is 1. The maximum absolute atomic E-state index is 12.9. The number of amides is 1. The molecule has 1 saturated heterocycles. The fourth-order valence-electron chi connectivity index (χ4n) is 4.41. The smallest absolute Gasteiger partial charge is 0.225 e. The van der Waals surface area contributed by atoms with Gasteiger partial charge >= 0.3 is 0 Å². The topological polar surface area (TPSA) is 48.0 Å². The highest BCUT2D eigenvalue weighted by Crippen LogP contribution is 2.38. The molecule has 5 heteroatoms. The molecule has 0 spiro atoms. The maximum atomic E-state index is 12.9. The van der Waals surface area contributed by atoms with Crippen molar-refractivity contribution in [1.82, 2.24) is 4.90 Å². The van der Waals surface area contributed by atoms with Crippen LogP contribution < -0.4 is 4.74 Å². The molecule has 3 rings (SSSR count). The van der Waals surface area contributed by atoms with E-state index in [1.165, 1.54) is 22.3 Å².